The van der Waals surface area contributed by atoms with Crippen molar-refractivity contribution in [2.45, 2.75) is 58.3 Å². The van der Waals surface area contributed by atoms with E-state index in [4.69, 9.17) is 26.8 Å². The molecular formula is C48H51O6PSi3. The van der Waals surface area contributed by atoms with E-state index in [1.807, 2.05) is 91.0 Å². The van der Waals surface area contributed by atoms with Gasteiger partial charge in [0, 0.05) is 0 Å². The van der Waals surface area contributed by atoms with Gasteiger partial charge < -0.3 is 13.3 Å². The third-order valence-electron chi connectivity index (χ3n) is 9.91. The summed E-state index contributed by atoms with van der Waals surface area (Å²) in [4.78, 5) is 0. The lowest BCUT2D eigenvalue weighted by atomic mass is 9.93. The molecule has 58 heavy (non-hydrogen) atoms. The smallest absolute Gasteiger partial charge is 0.335 e. The maximum atomic E-state index is 7.38. The molecule has 0 fully saturated rings. The quantitative estimate of drug-likeness (QED) is 0.0534. The fraction of sp³-hybridized carbons (Fsp3) is 0.250. The Labute approximate surface area is 354 Å². The van der Waals surface area contributed by atoms with E-state index >= 15 is 0 Å². The van der Waals surface area contributed by atoms with Gasteiger partial charge in [0.05, 0.1) is 19.8 Å². The Morgan fingerprint density at radius 2 is 0.603 bits per heavy atom. The summed E-state index contributed by atoms with van der Waals surface area (Å²) in [5.74, 6) is 0. The van der Waals surface area contributed by atoms with Crippen molar-refractivity contribution in [2.75, 3.05) is 19.8 Å². The molecule has 10 heteroatoms. The van der Waals surface area contributed by atoms with E-state index in [0.717, 1.165) is 48.9 Å². The average molecular weight is 839 g/mol. The first-order valence-electron chi connectivity index (χ1n) is 19.4. The molecule has 3 unspecified atom stereocenters. The van der Waals surface area contributed by atoms with E-state index in [-0.39, 0.29) is 49.1 Å². The van der Waals surface area contributed by atoms with Gasteiger partial charge in [0.1, 0.15) is 16.8 Å². The van der Waals surface area contributed by atoms with E-state index in [1.54, 1.807) is 0 Å². The van der Waals surface area contributed by atoms with Gasteiger partial charge in [0.15, 0.2) is 0 Å². The molecule has 0 heterocycles. The molecule has 0 saturated heterocycles. The zero-order valence-corrected chi connectivity index (χ0v) is 38.0. The molecule has 0 bridgehead atoms. The molecule has 6 radical (unpaired) electrons. The topological polar surface area (TPSA) is 55.4 Å². The summed E-state index contributed by atoms with van der Waals surface area (Å²) in [7, 11) is -1.80. The summed E-state index contributed by atoms with van der Waals surface area (Å²) in [6, 6.07) is 55.6. The van der Waals surface area contributed by atoms with Gasteiger partial charge in [-0.3, -0.25) is 13.6 Å². The molecule has 6 rings (SSSR count). The molecule has 0 saturated carbocycles. The first kappa shape index (κ1) is 43.7. The molecule has 0 N–H and O–H groups in total. The fourth-order valence-electron chi connectivity index (χ4n) is 6.80. The third kappa shape index (κ3) is 11.9. The Morgan fingerprint density at radius 1 is 0.362 bits per heavy atom. The van der Waals surface area contributed by atoms with E-state index in [9.17, 15) is 0 Å². The van der Waals surface area contributed by atoms with E-state index < -0.39 is 25.4 Å². The predicted molar refractivity (Wildman–Crippen MR) is 239 cm³/mol. The van der Waals surface area contributed by atoms with Crippen LogP contribution in [-0.4, -0.2) is 49.1 Å². The first-order valence-corrected chi connectivity index (χ1v) is 23.2. The van der Waals surface area contributed by atoms with Crippen molar-refractivity contribution < 1.29 is 26.8 Å². The number of rotatable bonds is 21. The minimum atomic E-state index is -2.18. The van der Waals surface area contributed by atoms with E-state index in [0.29, 0.717) is 0 Å². The lowest BCUT2D eigenvalue weighted by Crippen LogP contribution is -2.39. The molecule has 0 amide bonds. The molecule has 6 nitrogen and oxygen atoms in total. The summed E-state index contributed by atoms with van der Waals surface area (Å²) < 4.78 is 41.8. The van der Waals surface area contributed by atoms with Crippen LogP contribution >= 0.6 is 8.60 Å². The molecule has 0 aromatic heterocycles. The zero-order valence-electron chi connectivity index (χ0n) is 34.1. The minimum absolute atomic E-state index is 0.127. The van der Waals surface area contributed by atoms with Gasteiger partial charge in [0.25, 0.3) is 29.3 Å². The number of hydrogen-bond donors (Lipinski definition) is 0. The second-order valence-corrected chi connectivity index (χ2v) is 19.1. The monoisotopic (exact) mass is 838 g/mol. The molecule has 6 aromatic rings. The SMILES string of the molecule is Cc1ccccc1C(C)(CO[Si]c1ccccc1)OP(OC(C)(CO[Si]c1ccccc1)c1ccccc1C)OC(C)(CO[Si]c1ccccc1)c1ccccc1C. The number of aryl methyl sites for hydroxylation is 3. The average Bonchev–Trinajstić information content (AvgIpc) is 3.22. The van der Waals surface area contributed by atoms with Crippen LogP contribution in [0.4, 0.5) is 0 Å². The molecule has 0 aliphatic heterocycles. The second kappa shape index (κ2) is 20.9. The second-order valence-electron chi connectivity index (χ2n) is 14.9. The number of hydrogen-bond acceptors (Lipinski definition) is 6. The largest absolute Gasteiger partial charge is 0.408 e. The predicted octanol–water partition coefficient (Wildman–Crippen LogP) is 8.82. The highest BCUT2D eigenvalue weighted by Crippen LogP contribution is 2.56. The van der Waals surface area contributed by atoms with Gasteiger partial charge in [-0.05, 0) is 90.5 Å². The van der Waals surface area contributed by atoms with Crippen molar-refractivity contribution in [1.29, 1.82) is 0 Å². The van der Waals surface area contributed by atoms with Crippen LogP contribution in [0.1, 0.15) is 54.2 Å². The maximum Gasteiger partial charge on any atom is 0.335 e. The Bertz CT molecular complexity index is 1920. The summed E-state index contributed by atoms with van der Waals surface area (Å²) in [6.07, 6.45) is 0. The third-order valence-corrected chi connectivity index (χ3v) is 14.1. The van der Waals surface area contributed by atoms with Crippen LogP contribution in [0.3, 0.4) is 0 Å². The van der Waals surface area contributed by atoms with Crippen LogP contribution in [0.5, 0.6) is 0 Å². The highest BCUT2D eigenvalue weighted by molar-refractivity contribution is 7.41. The van der Waals surface area contributed by atoms with Crippen LogP contribution in [0.15, 0.2) is 164 Å². The van der Waals surface area contributed by atoms with Gasteiger partial charge in [0.2, 0.25) is 0 Å². The maximum absolute atomic E-state index is 7.38. The van der Waals surface area contributed by atoms with Gasteiger partial charge >= 0.3 is 8.60 Å². The summed E-state index contributed by atoms with van der Waals surface area (Å²) in [5.41, 5.74) is 3.29. The fourth-order valence-corrected chi connectivity index (χ4v) is 10.9. The van der Waals surface area contributed by atoms with E-state index in [2.05, 4.69) is 114 Å². The molecule has 6 aromatic carbocycles. The van der Waals surface area contributed by atoms with Gasteiger partial charge in [-0.25, -0.2) is 0 Å². The lowest BCUT2D eigenvalue weighted by molar-refractivity contribution is -0.0671. The summed E-state index contributed by atoms with van der Waals surface area (Å²) in [5, 5.41) is 3.32. The Balaban J connectivity index is 1.41. The van der Waals surface area contributed by atoms with Crippen molar-refractivity contribution in [2.24, 2.45) is 0 Å². The minimum Gasteiger partial charge on any atom is -0.408 e. The zero-order chi connectivity index (χ0) is 40.9. The van der Waals surface area contributed by atoms with Crippen molar-refractivity contribution in [3.05, 3.63) is 197 Å². The first-order chi connectivity index (χ1) is 28.1. The lowest BCUT2D eigenvalue weighted by Gasteiger charge is -2.42. The van der Waals surface area contributed by atoms with Crippen LogP contribution < -0.4 is 15.6 Å². The Hall–Kier alpha value is -3.84. The summed E-state index contributed by atoms with van der Waals surface area (Å²) in [6.45, 7) is 13.3. The van der Waals surface area contributed by atoms with Gasteiger partial charge in [-0.15, -0.1) is 0 Å². The van der Waals surface area contributed by atoms with Crippen LogP contribution in [-0.2, 0) is 43.7 Å². The Kier molecular flexibility index (Phi) is 15.8. The van der Waals surface area contributed by atoms with Crippen molar-refractivity contribution in [3.8, 4) is 0 Å². The van der Waals surface area contributed by atoms with E-state index in [1.165, 1.54) is 0 Å². The normalized spacial score (nSPS) is 15.2. The molecule has 3 atom stereocenters. The highest BCUT2D eigenvalue weighted by Gasteiger charge is 2.44. The highest BCUT2D eigenvalue weighted by atomic mass is 31.2. The van der Waals surface area contributed by atoms with Crippen molar-refractivity contribution in [1.82, 2.24) is 0 Å². The van der Waals surface area contributed by atoms with Crippen molar-refractivity contribution in [3.63, 3.8) is 0 Å². The van der Waals surface area contributed by atoms with Gasteiger partial charge in [-0.2, -0.15) is 0 Å². The summed E-state index contributed by atoms with van der Waals surface area (Å²) >= 11 is 0. The Morgan fingerprint density at radius 3 is 0.862 bits per heavy atom. The molecule has 0 spiro atoms. The standard InChI is InChI=1S/C48H51O6PSi3/c1-37-22-16-19-31-43(37)46(4,34-49-56-40-25-10-7-11-26-40)52-55(53-47(5,44-32-20-17-23-38(44)2)35-50-57-41-27-12-8-13-28-41)54-48(6,45-33-21-18-24-39(45)3)36-51-58-42-29-14-9-15-30-42/h7-33H,34-36H2,1-6H3. The van der Waals surface area contributed by atoms with Gasteiger partial charge in [-0.1, -0.05) is 164 Å². The van der Waals surface area contributed by atoms with Crippen LogP contribution in [0, 0.1) is 20.8 Å². The number of benzene rings is 6. The van der Waals surface area contributed by atoms with Crippen LogP contribution in [0.2, 0.25) is 0 Å². The van der Waals surface area contributed by atoms with Crippen LogP contribution in [0.25, 0.3) is 0 Å². The molecule has 296 valence electrons. The molecular weight excluding hydrogens is 788 g/mol. The molecule has 0 aliphatic carbocycles. The van der Waals surface area contributed by atoms with Crippen molar-refractivity contribution >= 4 is 53.5 Å². The molecule has 0 aliphatic rings.